The average molecular weight is 253 g/mol. The Morgan fingerprint density at radius 1 is 1.56 bits per heavy atom. The molecule has 2 rings (SSSR count). The summed E-state index contributed by atoms with van der Waals surface area (Å²) in [5.74, 6) is -0.152. The van der Waals surface area contributed by atoms with Crippen molar-refractivity contribution in [3.8, 4) is 0 Å². The molecule has 8 heteroatoms. The lowest BCUT2D eigenvalue weighted by Gasteiger charge is -2.21. The lowest BCUT2D eigenvalue weighted by atomic mass is 9.98. The van der Waals surface area contributed by atoms with E-state index in [-0.39, 0.29) is 11.9 Å². The molecule has 0 bridgehead atoms. The van der Waals surface area contributed by atoms with Gasteiger partial charge in [-0.2, -0.15) is 0 Å². The number of rotatable bonds is 5. The fraction of sp³-hybridized carbons (Fsp3) is 0.400. The van der Waals surface area contributed by atoms with Crippen LogP contribution in [0, 0.1) is 10.1 Å². The van der Waals surface area contributed by atoms with Gasteiger partial charge in [0.05, 0.1) is 6.20 Å². The highest BCUT2D eigenvalue weighted by molar-refractivity contribution is 5.41. The van der Waals surface area contributed by atoms with Gasteiger partial charge in [-0.25, -0.2) is 5.48 Å². The van der Waals surface area contributed by atoms with Crippen molar-refractivity contribution in [3.63, 3.8) is 0 Å². The Hall–Kier alpha value is -1.90. The fourth-order valence-electron chi connectivity index (χ4n) is 1.87. The van der Waals surface area contributed by atoms with Crippen molar-refractivity contribution in [2.75, 3.05) is 6.54 Å². The molecular weight excluding hydrogens is 238 g/mol. The summed E-state index contributed by atoms with van der Waals surface area (Å²) in [6, 6.07) is -0.227. The van der Waals surface area contributed by atoms with Gasteiger partial charge in [-0.3, -0.25) is 0 Å². The van der Waals surface area contributed by atoms with Gasteiger partial charge in [-0.05, 0) is 35.4 Å². The zero-order chi connectivity index (χ0) is 13.1. The second kappa shape index (κ2) is 5.17. The van der Waals surface area contributed by atoms with Crippen LogP contribution in [-0.2, 0) is 4.94 Å². The van der Waals surface area contributed by atoms with Gasteiger partial charge in [0.15, 0.2) is 5.70 Å². The Bertz CT molecular complexity index is 443. The minimum atomic E-state index is -0.514. The van der Waals surface area contributed by atoms with Gasteiger partial charge in [-0.1, -0.05) is 4.94 Å². The van der Waals surface area contributed by atoms with Crippen LogP contribution in [0.5, 0.6) is 0 Å². The molecule has 0 fully saturated rings. The summed E-state index contributed by atoms with van der Waals surface area (Å²) < 4.78 is 0. The molecule has 1 atom stereocenters. The summed E-state index contributed by atoms with van der Waals surface area (Å²) in [6.07, 6.45) is 6.09. The Morgan fingerprint density at radius 2 is 2.33 bits per heavy atom. The Kier molecular flexibility index (Phi) is 3.60. The van der Waals surface area contributed by atoms with Gasteiger partial charge in [0.1, 0.15) is 0 Å². The highest BCUT2D eigenvalue weighted by atomic mass is 16.8. The normalized spacial score (nSPS) is 19.4. The molecule has 2 aliphatic heterocycles. The van der Waals surface area contributed by atoms with Gasteiger partial charge < -0.3 is 21.6 Å². The number of allylic oxidation sites excluding steroid dienone is 2. The van der Waals surface area contributed by atoms with Crippen LogP contribution in [0.4, 0.5) is 0 Å². The van der Waals surface area contributed by atoms with Crippen LogP contribution in [0.25, 0.3) is 0 Å². The third kappa shape index (κ3) is 2.21. The van der Waals surface area contributed by atoms with Gasteiger partial charge in [0.25, 0.3) is 0 Å². The van der Waals surface area contributed by atoms with E-state index in [9.17, 15) is 10.1 Å². The third-order valence-electron chi connectivity index (χ3n) is 2.78. The lowest BCUT2D eigenvalue weighted by Crippen LogP contribution is -2.33. The molecule has 2 heterocycles. The molecule has 1 unspecified atom stereocenters. The van der Waals surface area contributed by atoms with E-state index in [4.69, 9.17) is 16.4 Å². The Morgan fingerprint density at radius 3 is 3.00 bits per heavy atom. The maximum atomic E-state index is 10.8. The second-order valence-electron chi connectivity index (χ2n) is 3.97. The zero-order valence-corrected chi connectivity index (χ0v) is 9.70. The Balaban J connectivity index is 2.23. The van der Waals surface area contributed by atoms with Crippen molar-refractivity contribution < 1.29 is 9.86 Å². The molecule has 0 aliphatic carbocycles. The van der Waals surface area contributed by atoms with E-state index in [1.165, 1.54) is 6.08 Å². The Labute approximate surface area is 104 Å². The van der Waals surface area contributed by atoms with Gasteiger partial charge in [0.2, 0.25) is 0 Å². The van der Waals surface area contributed by atoms with E-state index in [1.807, 2.05) is 0 Å². The third-order valence-corrected chi connectivity index (χ3v) is 2.78. The molecule has 8 nitrogen and oxygen atoms in total. The number of nitrogens with one attached hydrogen (secondary N) is 1. The van der Waals surface area contributed by atoms with Crippen molar-refractivity contribution in [1.82, 2.24) is 10.5 Å². The first-order chi connectivity index (χ1) is 8.65. The standard InChI is InChI=1S/C10H15N5O3/c11-5-1-2-8(12)7-3-4-10(15(16)17)14-9(7)6-13-18-14/h3-4,6,8,13H,1-2,5,11-12H2. The second-order valence-corrected chi connectivity index (χ2v) is 3.97. The minimum absolute atomic E-state index is 0.152. The molecule has 98 valence electrons. The predicted molar refractivity (Wildman–Crippen MR) is 63.6 cm³/mol. The number of hydrogen-bond acceptors (Lipinski definition) is 7. The molecule has 0 radical (unpaired) electrons. The maximum absolute atomic E-state index is 10.8. The van der Waals surface area contributed by atoms with Crippen molar-refractivity contribution in [3.05, 3.63) is 45.6 Å². The molecule has 0 spiro atoms. The van der Waals surface area contributed by atoms with Crippen molar-refractivity contribution in [2.45, 2.75) is 18.9 Å². The number of fused-ring (bicyclic) bond motifs is 1. The van der Waals surface area contributed by atoms with Gasteiger partial charge in [0, 0.05) is 17.7 Å². The molecule has 0 saturated carbocycles. The highest BCUT2D eigenvalue weighted by Gasteiger charge is 2.38. The van der Waals surface area contributed by atoms with Gasteiger partial charge >= 0.3 is 5.82 Å². The quantitative estimate of drug-likeness (QED) is 0.454. The van der Waals surface area contributed by atoms with Crippen molar-refractivity contribution in [1.29, 1.82) is 0 Å². The molecule has 18 heavy (non-hydrogen) atoms. The van der Waals surface area contributed by atoms with Crippen LogP contribution in [-0.4, -0.2) is 22.6 Å². The first-order valence-corrected chi connectivity index (χ1v) is 5.60. The molecule has 0 saturated heterocycles. The number of nitrogens with zero attached hydrogens (tertiary/aromatic N) is 2. The lowest BCUT2D eigenvalue weighted by molar-refractivity contribution is -0.465. The molecule has 0 amide bonds. The fourth-order valence-corrected chi connectivity index (χ4v) is 1.87. The predicted octanol–water partition coefficient (Wildman–Crippen LogP) is -0.296. The SMILES string of the molecule is NCCCC(N)C1=CC=C([N+](=O)[O-])N2ONC=C12. The monoisotopic (exact) mass is 253 g/mol. The van der Waals surface area contributed by atoms with Crippen LogP contribution < -0.4 is 16.9 Å². The van der Waals surface area contributed by atoms with E-state index in [0.717, 1.165) is 23.5 Å². The van der Waals surface area contributed by atoms with Gasteiger partial charge in [-0.15, -0.1) is 0 Å². The summed E-state index contributed by atoms with van der Waals surface area (Å²) in [5, 5.41) is 12.0. The first kappa shape index (κ1) is 12.6. The number of hydrogen-bond donors (Lipinski definition) is 3. The van der Waals surface area contributed by atoms with Crippen LogP contribution in [0.3, 0.4) is 0 Å². The van der Waals surface area contributed by atoms with E-state index in [2.05, 4.69) is 5.48 Å². The van der Waals surface area contributed by atoms with E-state index < -0.39 is 4.92 Å². The number of hydroxylamine groups is 3. The maximum Gasteiger partial charge on any atom is 0.355 e. The van der Waals surface area contributed by atoms with Crippen LogP contribution in [0.15, 0.2) is 35.4 Å². The summed E-state index contributed by atoms with van der Waals surface area (Å²) in [5.41, 5.74) is 15.3. The topological polar surface area (TPSA) is 120 Å². The molecule has 0 aromatic carbocycles. The van der Waals surface area contributed by atoms with Crippen LogP contribution in [0.1, 0.15) is 12.8 Å². The summed E-state index contributed by atoms with van der Waals surface area (Å²) >= 11 is 0. The summed E-state index contributed by atoms with van der Waals surface area (Å²) in [4.78, 5) is 15.3. The molecule has 2 aliphatic rings. The molecule has 5 N–H and O–H groups in total. The molecular formula is C10H15N5O3. The highest BCUT2D eigenvalue weighted by Crippen LogP contribution is 2.30. The average Bonchev–Trinajstić information content (AvgIpc) is 2.83. The van der Waals surface area contributed by atoms with E-state index in [0.29, 0.717) is 12.2 Å². The van der Waals surface area contributed by atoms with Crippen LogP contribution in [0.2, 0.25) is 0 Å². The minimum Gasteiger partial charge on any atom is -0.358 e. The zero-order valence-electron chi connectivity index (χ0n) is 9.70. The van der Waals surface area contributed by atoms with E-state index in [1.54, 1.807) is 12.3 Å². The molecule has 0 aromatic heterocycles. The van der Waals surface area contributed by atoms with Crippen molar-refractivity contribution >= 4 is 0 Å². The van der Waals surface area contributed by atoms with Crippen LogP contribution >= 0.6 is 0 Å². The number of nitrogens with two attached hydrogens (primary N) is 2. The van der Waals surface area contributed by atoms with E-state index >= 15 is 0 Å². The molecule has 0 aromatic rings. The van der Waals surface area contributed by atoms with Crippen molar-refractivity contribution in [2.24, 2.45) is 11.5 Å². The summed E-state index contributed by atoms with van der Waals surface area (Å²) in [7, 11) is 0. The number of nitro groups is 1. The largest absolute Gasteiger partial charge is 0.358 e. The first-order valence-electron chi connectivity index (χ1n) is 5.60. The smallest absolute Gasteiger partial charge is 0.355 e. The summed E-state index contributed by atoms with van der Waals surface area (Å²) in [6.45, 7) is 0.564.